The van der Waals surface area contributed by atoms with E-state index in [1.165, 1.54) is 19.6 Å². The number of ether oxygens (including phenoxy) is 1. The molecule has 0 saturated carbocycles. The molecule has 1 aliphatic heterocycles. The second kappa shape index (κ2) is 9.66. The highest BCUT2D eigenvalue weighted by Crippen LogP contribution is 2.11. The molecule has 1 aliphatic rings. The predicted octanol–water partition coefficient (Wildman–Crippen LogP) is -0.0805. The summed E-state index contributed by atoms with van der Waals surface area (Å²) in [6, 6.07) is 0.546. The van der Waals surface area contributed by atoms with Crippen molar-refractivity contribution >= 4 is 0 Å². The predicted molar refractivity (Wildman–Crippen MR) is 80.5 cm³/mol. The van der Waals surface area contributed by atoms with Crippen LogP contribution >= 0.6 is 0 Å². The molecular formula is C14H32N4O. The zero-order valence-electron chi connectivity index (χ0n) is 13.0. The Morgan fingerprint density at radius 2 is 1.89 bits per heavy atom. The molecule has 5 nitrogen and oxygen atoms in total. The van der Waals surface area contributed by atoms with Crippen molar-refractivity contribution in [3.8, 4) is 0 Å². The van der Waals surface area contributed by atoms with Crippen molar-refractivity contribution in [2.24, 2.45) is 5.73 Å². The second-order valence-corrected chi connectivity index (χ2v) is 5.72. The van der Waals surface area contributed by atoms with E-state index >= 15 is 0 Å². The summed E-state index contributed by atoms with van der Waals surface area (Å²) in [5.74, 6) is 0. The van der Waals surface area contributed by atoms with Crippen molar-refractivity contribution in [2.45, 2.75) is 18.9 Å². The molecule has 1 unspecified atom stereocenters. The van der Waals surface area contributed by atoms with E-state index in [1.54, 1.807) is 7.11 Å². The Bertz CT molecular complexity index is 217. The molecule has 0 aliphatic carbocycles. The lowest BCUT2D eigenvalue weighted by molar-refractivity contribution is 0.0437. The van der Waals surface area contributed by atoms with Gasteiger partial charge in [0.05, 0.1) is 6.61 Å². The van der Waals surface area contributed by atoms with Gasteiger partial charge in [0.2, 0.25) is 0 Å². The Morgan fingerprint density at radius 1 is 1.21 bits per heavy atom. The maximum absolute atomic E-state index is 5.62. The van der Waals surface area contributed by atoms with Crippen LogP contribution in [0.5, 0.6) is 0 Å². The molecule has 1 heterocycles. The minimum absolute atomic E-state index is 0.546. The van der Waals surface area contributed by atoms with Gasteiger partial charge in [0.25, 0.3) is 0 Å². The van der Waals surface area contributed by atoms with Crippen molar-refractivity contribution in [1.82, 2.24) is 14.7 Å². The Morgan fingerprint density at radius 3 is 2.42 bits per heavy atom. The molecule has 1 atom stereocenters. The van der Waals surface area contributed by atoms with Crippen LogP contribution in [0.4, 0.5) is 0 Å². The fourth-order valence-electron chi connectivity index (χ4n) is 2.61. The molecule has 0 aromatic carbocycles. The van der Waals surface area contributed by atoms with E-state index in [4.69, 9.17) is 10.5 Å². The molecular weight excluding hydrogens is 240 g/mol. The van der Waals surface area contributed by atoms with Gasteiger partial charge in [0, 0.05) is 52.4 Å². The fourth-order valence-corrected chi connectivity index (χ4v) is 2.61. The first-order valence-electron chi connectivity index (χ1n) is 7.47. The van der Waals surface area contributed by atoms with Crippen LogP contribution in [0.1, 0.15) is 12.8 Å². The molecule has 19 heavy (non-hydrogen) atoms. The van der Waals surface area contributed by atoms with Crippen LogP contribution in [0.3, 0.4) is 0 Å². The third kappa shape index (κ3) is 6.68. The van der Waals surface area contributed by atoms with Gasteiger partial charge < -0.3 is 15.4 Å². The van der Waals surface area contributed by atoms with E-state index in [9.17, 15) is 0 Å². The first kappa shape index (κ1) is 16.9. The lowest BCUT2D eigenvalue weighted by Gasteiger charge is -2.39. The lowest BCUT2D eigenvalue weighted by Crippen LogP contribution is -2.52. The molecule has 0 aromatic heterocycles. The average Bonchev–Trinajstić information content (AvgIpc) is 2.42. The van der Waals surface area contributed by atoms with Crippen molar-refractivity contribution in [3.05, 3.63) is 0 Å². The van der Waals surface area contributed by atoms with Gasteiger partial charge >= 0.3 is 0 Å². The van der Waals surface area contributed by atoms with Crippen LogP contribution in [-0.4, -0.2) is 94.4 Å². The number of hydrogen-bond donors (Lipinski definition) is 1. The van der Waals surface area contributed by atoms with E-state index in [2.05, 4.69) is 28.8 Å². The first-order valence-corrected chi connectivity index (χ1v) is 7.47. The van der Waals surface area contributed by atoms with Crippen molar-refractivity contribution in [3.63, 3.8) is 0 Å². The average molecular weight is 272 g/mol. The smallest absolute Gasteiger partial charge is 0.0618 e. The van der Waals surface area contributed by atoms with Gasteiger partial charge in [-0.2, -0.15) is 0 Å². The third-order valence-corrected chi connectivity index (χ3v) is 3.89. The van der Waals surface area contributed by atoms with Crippen molar-refractivity contribution < 1.29 is 4.74 Å². The van der Waals surface area contributed by atoms with Crippen LogP contribution < -0.4 is 5.73 Å². The molecule has 0 spiro atoms. The zero-order chi connectivity index (χ0) is 14.1. The molecule has 0 amide bonds. The first-order chi connectivity index (χ1) is 9.17. The topological polar surface area (TPSA) is 45.0 Å². The molecule has 1 saturated heterocycles. The number of piperazine rings is 1. The van der Waals surface area contributed by atoms with E-state index < -0.39 is 0 Å². The van der Waals surface area contributed by atoms with Gasteiger partial charge in [-0.15, -0.1) is 0 Å². The maximum atomic E-state index is 5.62. The molecule has 1 rings (SSSR count). The van der Waals surface area contributed by atoms with Gasteiger partial charge in [-0.1, -0.05) is 0 Å². The SMILES string of the molecule is COCC(CCCN)N1CCN(CCN(C)C)CC1. The molecule has 5 heteroatoms. The Labute approximate surface area is 118 Å². The van der Waals surface area contributed by atoms with Crippen molar-refractivity contribution in [2.75, 3.05) is 73.6 Å². The number of hydrogen-bond acceptors (Lipinski definition) is 5. The maximum Gasteiger partial charge on any atom is 0.0618 e. The largest absolute Gasteiger partial charge is 0.383 e. The van der Waals surface area contributed by atoms with Crippen LogP contribution in [0.15, 0.2) is 0 Å². The second-order valence-electron chi connectivity index (χ2n) is 5.72. The lowest BCUT2D eigenvalue weighted by atomic mass is 10.1. The summed E-state index contributed by atoms with van der Waals surface area (Å²) in [4.78, 5) is 7.38. The summed E-state index contributed by atoms with van der Waals surface area (Å²) in [5.41, 5.74) is 5.62. The minimum Gasteiger partial charge on any atom is -0.383 e. The summed E-state index contributed by atoms with van der Waals surface area (Å²) < 4.78 is 5.36. The van der Waals surface area contributed by atoms with Crippen LogP contribution in [0.2, 0.25) is 0 Å². The van der Waals surface area contributed by atoms with Crippen LogP contribution in [-0.2, 0) is 4.74 Å². The molecule has 2 N–H and O–H groups in total. The van der Waals surface area contributed by atoms with Crippen molar-refractivity contribution in [1.29, 1.82) is 0 Å². The fraction of sp³-hybridized carbons (Fsp3) is 1.00. The Balaban J connectivity index is 2.29. The summed E-state index contributed by atoms with van der Waals surface area (Å²) in [6.45, 7) is 8.61. The van der Waals surface area contributed by atoms with Gasteiger partial charge in [-0.05, 0) is 33.5 Å². The molecule has 114 valence electrons. The van der Waals surface area contributed by atoms with Gasteiger partial charge in [0.1, 0.15) is 0 Å². The minimum atomic E-state index is 0.546. The molecule has 0 radical (unpaired) electrons. The highest BCUT2D eigenvalue weighted by atomic mass is 16.5. The number of nitrogens with two attached hydrogens (primary N) is 1. The van der Waals surface area contributed by atoms with E-state index in [0.29, 0.717) is 6.04 Å². The van der Waals surface area contributed by atoms with E-state index in [1.807, 2.05) is 0 Å². The summed E-state index contributed by atoms with van der Waals surface area (Å²) in [5, 5.41) is 0. The summed E-state index contributed by atoms with van der Waals surface area (Å²) in [7, 11) is 6.07. The standard InChI is InChI=1S/C14H32N4O/c1-16(2)7-8-17-9-11-18(12-10-17)14(13-19-3)5-4-6-15/h14H,4-13,15H2,1-3H3. The normalized spacial score (nSPS) is 20.1. The quantitative estimate of drug-likeness (QED) is 0.636. The number of rotatable bonds is 9. The van der Waals surface area contributed by atoms with Gasteiger partial charge in [-0.3, -0.25) is 9.80 Å². The molecule has 1 fully saturated rings. The zero-order valence-corrected chi connectivity index (χ0v) is 13.0. The molecule has 0 bridgehead atoms. The third-order valence-electron chi connectivity index (χ3n) is 3.89. The summed E-state index contributed by atoms with van der Waals surface area (Å²) in [6.07, 6.45) is 2.25. The number of methoxy groups -OCH3 is 1. The van der Waals surface area contributed by atoms with Crippen LogP contribution in [0.25, 0.3) is 0 Å². The van der Waals surface area contributed by atoms with Gasteiger partial charge in [-0.25, -0.2) is 0 Å². The molecule has 0 aromatic rings. The number of likely N-dealkylation sites (N-methyl/N-ethyl adjacent to an activating group) is 1. The van der Waals surface area contributed by atoms with Gasteiger partial charge in [0.15, 0.2) is 0 Å². The van der Waals surface area contributed by atoms with E-state index in [-0.39, 0.29) is 0 Å². The Hall–Kier alpha value is -0.200. The van der Waals surface area contributed by atoms with E-state index in [0.717, 1.165) is 45.6 Å². The Kier molecular flexibility index (Phi) is 8.57. The highest BCUT2D eigenvalue weighted by Gasteiger charge is 2.23. The van der Waals surface area contributed by atoms with Crippen LogP contribution in [0, 0.1) is 0 Å². The summed E-state index contributed by atoms with van der Waals surface area (Å²) >= 11 is 0. The monoisotopic (exact) mass is 272 g/mol. The highest BCUT2D eigenvalue weighted by molar-refractivity contribution is 4.79. The number of nitrogens with zero attached hydrogens (tertiary/aromatic N) is 3.